The van der Waals surface area contributed by atoms with Crippen LogP contribution in [-0.2, 0) is 4.79 Å². The summed E-state index contributed by atoms with van der Waals surface area (Å²) in [6, 6.07) is 0.116. The number of H-pyrrole nitrogens is 1. The van der Waals surface area contributed by atoms with Crippen molar-refractivity contribution >= 4 is 5.97 Å². The van der Waals surface area contributed by atoms with E-state index >= 15 is 0 Å². The highest BCUT2D eigenvalue weighted by Gasteiger charge is 2.13. The quantitative estimate of drug-likeness (QED) is 0.628. The average Bonchev–Trinajstić information content (AvgIpc) is 2.03. The zero-order chi connectivity index (χ0) is 10.0. The van der Waals surface area contributed by atoms with Crippen molar-refractivity contribution in [1.29, 1.82) is 0 Å². The summed E-state index contributed by atoms with van der Waals surface area (Å²) in [5.41, 5.74) is -1.26. The van der Waals surface area contributed by atoms with Crippen LogP contribution >= 0.6 is 0 Å². The lowest BCUT2D eigenvalue weighted by Crippen LogP contribution is -2.33. The molecular formula is C7H8N2O4. The first-order valence-corrected chi connectivity index (χ1v) is 3.56. The van der Waals surface area contributed by atoms with Crippen molar-refractivity contribution in [2.24, 2.45) is 0 Å². The van der Waals surface area contributed by atoms with E-state index in [0.29, 0.717) is 0 Å². The fourth-order valence-corrected chi connectivity index (χ4v) is 0.851. The number of carbonyl (C=O) groups is 1. The Kier molecular flexibility index (Phi) is 2.32. The molecule has 1 atom stereocenters. The molecule has 70 valence electrons. The molecule has 6 nitrogen and oxygen atoms in total. The second kappa shape index (κ2) is 3.26. The van der Waals surface area contributed by atoms with Gasteiger partial charge in [-0.1, -0.05) is 0 Å². The van der Waals surface area contributed by atoms with E-state index in [4.69, 9.17) is 5.11 Å². The third-order valence-corrected chi connectivity index (χ3v) is 1.63. The molecule has 1 rings (SSSR count). The monoisotopic (exact) mass is 184 g/mol. The number of carboxylic acid groups (broad SMARTS) is 1. The molecule has 0 saturated carbocycles. The Balaban J connectivity index is 3.24. The highest BCUT2D eigenvalue weighted by Crippen LogP contribution is 1.98. The number of nitrogens with zero attached hydrogens (tertiary/aromatic N) is 1. The molecule has 0 aliphatic carbocycles. The first-order valence-electron chi connectivity index (χ1n) is 3.56. The van der Waals surface area contributed by atoms with Gasteiger partial charge in [0.1, 0.15) is 6.04 Å². The maximum absolute atomic E-state index is 11.0. The van der Waals surface area contributed by atoms with Crippen LogP contribution in [0, 0.1) is 0 Å². The Morgan fingerprint density at radius 1 is 1.62 bits per heavy atom. The van der Waals surface area contributed by atoms with Gasteiger partial charge in [-0.3, -0.25) is 14.3 Å². The number of hydrogen-bond acceptors (Lipinski definition) is 3. The van der Waals surface area contributed by atoms with E-state index in [1.807, 2.05) is 4.98 Å². The predicted octanol–water partition coefficient (Wildman–Crippen LogP) is -0.818. The molecule has 0 aromatic carbocycles. The van der Waals surface area contributed by atoms with Gasteiger partial charge >= 0.3 is 11.7 Å². The van der Waals surface area contributed by atoms with E-state index in [9.17, 15) is 14.4 Å². The van der Waals surface area contributed by atoms with Crippen LogP contribution in [0.2, 0.25) is 0 Å². The minimum absolute atomic E-state index is 0.543. The molecule has 0 radical (unpaired) electrons. The Hall–Kier alpha value is -1.85. The fourth-order valence-electron chi connectivity index (χ4n) is 0.851. The standard InChI is InChI=1S/C7H8N2O4/c1-4(6(11)12)9-3-2-5(10)8-7(9)13/h2-4H,1H3,(H,11,12)(H,8,10,13)/t4-/m0/s1. The zero-order valence-electron chi connectivity index (χ0n) is 6.85. The summed E-state index contributed by atoms with van der Waals surface area (Å²) in [5.74, 6) is -1.13. The Labute approximate surface area is 72.5 Å². The minimum Gasteiger partial charge on any atom is -0.480 e. The van der Waals surface area contributed by atoms with E-state index in [-0.39, 0.29) is 0 Å². The van der Waals surface area contributed by atoms with E-state index in [1.165, 1.54) is 6.92 Å². The Bertz CT molecular complexity index is 431. The van der Waals surface area contributed by atoms with Gasteiger partial charge in [0.25, 0.3) is 5.56 Å². The van der Waals surface area contributed by atoms with Crippen molar-refractivity contribution in [1.82, 2.24) is 9.55 Å². The number of aliphatic carboxylic acids is 1. The first-order chi connectivity index (χ1) is 6.02. The van der Waals surface area contributed by atoms with E-state index in [1.54, 1.807) is 0 Å². The molecule has 0 bridgehead atoms. The van der Waals surface area contributed by atoms with Crippen LogP contribution in [0.25, 0.3) is 0 Å². The van der Waals surface area contributed by atoms with Gasteiger partial charge in [-0.05, 0) is 6.92 Å². The Morgan fingerprint density at radius 2 is 2.23 bits per heavy atom. The molecule has 0 unspecified atom stereocenters. The van der Waals surface area contributed by atoms with Crippen molar-refractivity contribution < 1.29 is 9.90 Å². The van der Waals surface area contributed by atoms with Gasteiger partial charge in [0.15, 0.2) is 0 Å². The molecule has 0 spiro atoms. The van der Waals surface area contributed by atoms with Gasteiger partial charge in [-0.15, -0.1) is 0 Å². The van der Waals surface area contributed by atoms with Gasteiger partial charge in [-0.2, -0.15) is 0 Å². The molecule has 2 N–H and O–H groups in total. The third kappa shape index (κ3) is 1.84. The summed E-state index contributed by atoms with van der Waals surface area (Å²) < 4.78 is 0.934. The molecule has 0 aliphatic heterocycles. The van der Waals surface area contributed by atoms with Crippen LogP contribution in [0.3, 0.4) is 0 Å². The molecule has 1 heterocycles. The number of aromatic nitrogens is 2. The van der Waals surface area contributed by atoms with Gasteiger partial charge in [0.05, 0.1) is 0 Å². The van der Waals surface area contributed by atoms with Crippen molar-refractivity contribution in [3.63, 3.8) is 0 Å². The lowest BCUT2D eigenvalue weighted by molar-refractivity contribution is -0.140. The average molecular weight is 184 g/mol. The van der Waals surface area contributed by atoms with Crippen LogP contribution in [0.5, 0.6) is 0 Å². The lowest BCUT2D eigenvalue weighted by Gasteiger charge is -2.07. The number of hydrogen-bond donors (Lipinski definition) is 2. The smallest absolute Gasteiger partial charge is 0.329 e. The van der Waals surface area contributed by atoms with Crippen molar-refractivity contribution in [2.75, 3.05) is 0 Å². The molecule has 1 aromatic rings. The van der Waals surface area contributed by atoms with Crippen LogP contribution in [0.15, 0.2) is 21.9 Å². The normalized spacial score (nSPS) is 12.4. The number of carboxylic acids is 1. The van der Waals surface area contributed by atoms with Crippen LogP contribution in [0.1, 0.15) is 13.0 Å². The lowest BCUT2D eigenvalue weighted by atomic mass is 10.3. The number of nitrogens with one attached hydrogen (secondary N) is 1. The van der Waals surface area contributed by atoms with Crippen LogP contribution in [-0.4, -0.2) is 20.6 Å². The summed E-state index contributed by atoms with van der Waals surface area (Å²) in [5, 5.41) is 8.58. The molecule has 1 aromatic heterocycles. The van der Waals surface area contributed by atoms with Crippen molar-refractivity contribution in [2.45, 2.75) is 13.0 Å². The van der Waals surface area contributed by atoms with Gasteiger partial charge in [0.2, 0.25) is 0 Å². The maximum Gasteiger partial charge on any atom is 0.329 e. The Morgan fingerprint density at radius 3 is 2.69 bits per heavy atom. The van der Waals surface area contributed by atoms with Crippen LogP contribution < -0.4 is 11.2 Å². The topological polar surface area (TPSA) is 92.2 Å². The molecule has 0 amide bonds. The fraction of sp³-hybridized carbons (Fsp3) is 0.286. The van der Waals surface area contributed by atoms with E-state index in [0.717, 1.165) is 16.8 Å². The second-order valence-electron chi connectivity index (χ2n) is 2.53. The summed E-state index contributed by atoms with van der Waals surface area (Å²) >= 11 is 0. The van der Waals surface area contributed by atoms with Crippen LogP contribution in [0.4, 0.5) is 0 Å². The first kappa shape index (κ1) is 9.24. The van der Waals surface area contributed by atoms with Gasteiger partial charge in [-0.25, -0.2) is 9.59 Å². The summed E-state index contributed by atoms with van der Waals surface area (Å²) in [4.78, 5) is 34.1. The molecule has 6 heteroatoms. The van der Waals surface area contributed by atoms with Gasteiger partial charge < -0.3 is 5.11 Å². The summed E-state index contributed by atoms with van der Waals surface area (Å²) in [7, 11) is 0. The van der Waals surface area contributed by atoms with Crippen molar-refractivity contribution in [3.05, 3.63) is 33.1 Å². The van der Waals surface area contributed by atoms with E-state index < -0.39 is 23.3 Å². The maximum atomic E-state index is 11.0. The SMILES string of the molecule is C[C@@H](C(=O)O)n1ccc(=O)[nH]c1=O. The number of rotatable bonds is 2. The number of aromatic amines is 1. The summed E-state index contributed by atoms with van der Waals surface area (Å²) in [6.45, 7) is 1.35. The third-order valence-electron chi connectivity index (χ3n) is 1.63. The van der Waals surface area contributed by atoms with E-state index in [2.05, 4.69) is 0 Å². The molecule has 13 heavy (non-hydrogen) atoms. The molecule has 0 saturated heterocycles. The molecule has 0 aliphatic rings. The second-order valence-corrected chi connectivity index (χ2v) is 2.53. The highest BCUT2D eigenvalue weighted by atomic mass is 16.4. The van der Waals surface area contributed by atoms with Crippen molar-refractivity contribution in [3.8, 4) is 0 Å². The minimum atomic E-state index is -1.13. The molecular weight excluding hydrogens is 176 g/mol. The zero-order valence-corrected chi connectivity index (χ0v) is 6.85. The summed E-state index contributed by atoms with van der Waals surface area (Å²) in [6.07, 6.45) is 1.15. The largest absolute Gasteiger partial charge is 0.480 e. The predicted molar refractivity (Wildman–Crippen MR) is 43.7 cm³/mol. The highest BCUT2D eigenvalue weighted by molar-refractivity contribution is 5.71. The molecule has 0 fully saturated rings. The van der Waals surface area contributed by atoms with Gasteiger partial charge in [0, 0.05) is 12.3 Å².